The average Bonchev–Trinajstić information content (AvgIpc) is 3.12. The first kappa shape index (κ1) is 18.7. The van der Waals surface area contributed by atoms with Crippen LogP contribution in [0, 0.1) is 13.8 Å². The number of nitrogens with one attached hydrogen (secondary N) is 1. The molecule has 0 spiro atoms. The lowest BCUT2D eigenvalue weighted by Gasteiger charge is -2.10. The molecule has 2 aromatic carbocycles. The van der Waals surface area contributed by atoms with Gasteiger partial charge >= 0.3 is 0 Å². The van der Waals surface area contributed by atoms with Crippen LogP contribution in [0.25, 0.3) is 11.3 Å². The van der Waals surface area contributed by atoms with Gasteiger partial charge in [0.05, 0.1) is 7.11 Å². The van der Waals surface area contributed by atoms with Gasteiger partial charge in [-0.25, -0.2) is 4.63 Å². The molecule has 0 radical (unpaired) electrons. The maximum absolute atomic E-state index is 12.2. The highest BCUT2D eigenvalue weighted by atomic mass is 35.5. The lowest BCUT2D eigenvalue weighted by Crippen LogP contribution is -2.20. The highest BCUT2D eigenvalue weighted by Gasteiger charge is 2.16. The Bertz CT molecular complexity index is 931. The lowest BCUT2D eigenvalue weighted by atomic mass is 10.1. The Balaban J connectivity index is 1.66. The van der Waals surface area contributed by atoms with Crippen molar-refractivity contribution in [2.24, 2.45) is 0 Å². The van der Waals surface area contributed by atoms with Gasteiger partial charge in [-0.15, -0.1) is 0 Å². The number of carbonyl (C=O) groups is 1. The highest BCUT2D eigenvalue weighted by molar-refractivity contribution is 6.32. The van der Waals surface area contributed by atoms with Crippen molar-refractivity contribution in [2.75, 3.05) is 19.0 Å². The van der Waals surface area contributed by atoms with E-state index >= 15 is 0 Å². The Hall–Kier alpha value is -3.06. The maximum Gasteiger partial charge on any atom is 0.263 e. The summed E-state index contributed by atoms with van der Waals surface area (Å²) in [4.78, 5) is 12.2. The van der Waals surface area contributed by atoms with Crippen molar-refractivity contribution in [3.05, 3.63) is 52.5 Å². The molecule has 0 saturated carbocycles. The number of anilines is 1. The molecule has 140 valence electrons. The minimum absolute atomic E-state index is 0.185. The molecule has 3 rings (SSSR count). The van der Waals surface area contributed by atoms with E-state index in [1.54, 1.807) is 43.5 Å². The molecule has 0 atom stereocenters. The normalized spacial score (nSPS) is 10.5. The molecule has 0 bridgehead atoms. The SMILES string of the molecule is COc1ccc(-c2nonc2NC(=O)COc2cc(C)c(Cl)c(C)c2)cc1. The number of nitrogens with zero attached hydrogens (tertiary/aromatic N) is 2. The van der Waals surface area contributed by atoms with Crippen molar-refractivity contribution in [1.29, 1.82) is 0 Å². The van der Waals surface area contributed by atoms with Crippen molar-refractivity contribution in [3.63, 3.8) is 0 Å². The van der Waals surface area contributed by atoms with Crippen molar-refractivity contribution in [3.8, 4) is 22.8 Å². The van der Waals surface area contributed by atoms with Gasteiger partial charge in [-0.05, 0) is 71.7 Å². The molecule has 1 amide bonds. The summed E-state index contributed by atoms with van der Waals surface area (Å²) < 4.78 is 15.4. The molecule has 27 heavy (non-hydrogen) atoms. The van der Waals surface area contributed by atoms with E-state index in [1.807, 2.05) is 13.8 Å². The highest BCUT2D eigenvalue weighted by Crippen LogP contribution is 2.27. The zero-order valence-electron chi connectivity index (χ0n) is 15.1. The van der Waals surface area contributed by atoms with E-state index in [1.165, 1.54) is 0 Å². The quantitative estimate of drug-likeness (QED) is 0.687. The number of methoxy groups -OCH3 is 1. The standard InChI is InChI=1S/C19H18ClN3O4/c1-11-8-15(9-12(2)17(11)20)26-10-16(24)21-19-18(22-27-23-19)13-4-6-14(25-3)7-5-13/h4-9H,10H2,1-3H3,(H,21,23,24). The number of rotatable bonds is 6. The fraction of sp³-hybridized carbons (Fsp3) is 0.211. The van der Waals surface area contributed by atoms with E-state index in [-0.39, 0.29) is 18.3 Å². The number of benzene rings is 2. The number of hydrogen-bond donors (Lipinski definition) is 1. The number of halogens is 1. The summed E-state index contributed by atoms with van der Waals surface area (Å²) in [5.74, 6) is 1.11. The van der Waals surface area contributed by atoms with Crippen LogP contribution in [0.5, 0.6) is 11.5 Å². The number of ether oxygens (including phenoxy) is 2. The van der Waals surface area contributed by atoms with Crippen LogP contribution in [-0.2, 0) is 4.79 Å². The summed E-state index contributed by atoms with van der Waals surface area (Å²) in [6.07, 6.45) is 0. The number of aromatic nitrogens is 2. The monoisotopic (exact) mass is 387 g/mol. The molecule has 1 N–H and O–H groups in total. The van der Waals surface area contributed by atoms with Gasteiger partial charge in [0.15, 0.2) is 12.3 Å². The minimum atomic E-state index is -0.384. The maximum atomic E-state index is 12.2. The van der Waals surface area contributed by atoms with Gasteiger partial charge in [0.2, 0.25) is 5.82 Å². The second kappa shape index (κ2) is 8.09. The molecule has 0 saturated heterocycles. The first-order valence-corrected chi connectivity index (χ1v) is 8.52. The van der Waals surface area contributed by atoms with Crippen LogP contribution in [0.2, 0.25) is 5.02 Å². The Labute approximate surface area is 161 Å². The molecule has 0 fully saturated rings. The molecule has 0 aliphatic carbocycles. The number of amides is 1. The molecule has 0 aliphatic rings. The first-order valence-electron chi connectivity index (χ1n) is 8.14. The van der Waals surface area contributed by atoms with E-state index in [9.17, 15) is 4.79 Å². The van der Waals surface area contributed by atoms with Crippen molar-refractivity contribution >= 4 is 23.3 Å². The van der Waals surface area contributed by atoms with Gasteiger partial charge < -0.3 is 14.8 Å². The first-order chi connectivity index (χ1) is 13.0. The lowest BCUT2D eigenvalue weighted by molar-refractivity contribution is -0.118. The van der Waals surface area contributed by atoms with Gasteiger partial charge in [0.25, 0.3) is 5.91 Å². The third-order valence-electron chi connectivity index (χ3n) is 3.89. The average molecular weight is 388 g/mol. The fourth-order valence-corrected chi connectivity index (χ4v) is 2.62. The molecular formula is C19H18ClN3O4. The smallest absolute Gasteiger partial charge is 0.263 e. The number of carbonyl (C=O) groups excluding carboxylic acids is 1. The van der Waals surface area contributed by atoms with E-state index in [0.717, 1.165) is 16.7 Å². The second-order valence-corrected chi connectivity index (χ2v) is 6.28. The summed E-state index contributed by atoms with van der Waals surface area (Å²) in [7, 11) is 1.59. The van der Waals surface area contributed by atoms with Gasteiger partial charge in [-0.1, -0.05) is 11.6 Å². The third-order valence-corrected chi connectivity index (χ3v) is 4.49. The summed E-state index contributed by atoms with van der Waals surface area (Å²) in [6.45, 7) is 3.57. The molecule has 8 heteroatoms. The summed E-state index contributed by atoms with van der Waals surface area (Å²) in [5.41, 5.74) is 2.92. The predicted molar refractivity (Wildman–Crippen MR) is 101 cm³/mol. The van der Waals surface area contributed by atoms with E-state index in [4.69, 9.17) is 25.7 Å². The predicted octanol–water partition coefficient (Wildman–Crippen LogP) is 4.03. The largest absolute Gasteiger partial charge is 0.497 e. The van der Waals surface area contributed by atoms with Gasteiger partial charge in [0, 0.05) is 10.6 Å². The molecule has 1 heterocycles. The van der Waals surface area contributed by atoms with Gasteiger partial charge in [-0.2, -0.15) is 0 Å². The van der Waals surface area contributed by atoms with Crippen molar-refractivity contribution < 1.29 is 18.9 Å². The van der Waals surface area contributed by atoms with E-state index in [0.29, 0.717) is 22.2 Å². The molecule has 0 aliphatic heterocycles. The Kier molecular flexibility index (Phi) is 5.61. The molecule has 3 aromatic rings. The van der Waals surface area contributed by atoms with Crippen molar-refractivity contribution in [1.82, 2.24) is 10.3 Å². The molecular weight excluding hydrogens is 370 g/mol. The second-order valence-electron chi connectivity index (χ2n) is 5.90. The van der Waals surface area contributed by atoms with Gasteiger partial charge in [0.1, 0.15) is 11.5 Å². The van der Waals surface area contributed by atoms with Crippen LogP contribution < -0.4 is 14.8 Å². The topological polar surface area (TPSA) is 86.5 Å². The minimum Gasteiger partial charge on any atom is -0.497 e. The summed E-state index contributed by atoms with van der Waals surface area (Å²) in [5, 5.41) is 10.9. The molecule has 1 aromatic heterocycles. The van der Waals surface area contributed by atoms with Crippen LogP contribution >= 0.6 is 11.6 Å². The van der Waals surface area contributed by atoms with E-state index < -0.39 is 0 Å². The summed E-state index contributed by atoms with van der Waals surface area (Å²) in [6, 6.07) is 10.7. The van der Waals surface area contributed by atoms with E-state index in [2.05, 4.69) is 15.6 Å². The fourth-order valence-electron chi connectivity index (χ4n) is 2.52. The van der Waals surface area contributed by atoms with Crippen LogP contribution in [0.1, 0.15) is 11.1 Å². The number of hydrogen-bond acceptors (Lipinski definition) is 6. The summed E-state index contributed by atoms with van der Waals surface area (Å²) >= 11 is 6.13. The molecule has 0 unspecified atom stereocenters. The zero-order chi connectivity index (χ0) is 19.4. The number of aryl methyl sites for hydroxylation is 2. The third kappa shape index (κ3) is 4.38. The van der Waals surface area contributed by atoms with Crippen LogP contribution in [0.3, 0.4) is 0 Å². The Morgan fingerprint density at radius 1 is 1.11 bits per heavy atom. The molecule has 7 nitrogen and oxygen atoms in total. The van der Waals surface area contributed by atoms with Crippen molar-refractivity contribution in [2.45, 2.75) is 13.8 Å². The zero-order valence-corrected chi connectivity index (χ0v) is 15.8. The van der Waals surface area contributed by atoms with Crippen LogP contribution in [-0.4, -0.2) is 29.9 Å². The van der Waals surface area contributed by atoms with Crippen LogP contribution in [0.4, 0.5) is 5.82 Å². The van der Waals surface area contributed by atoms with Crippen LogP contribution in [0.15, 0.2) is 41.0 Å². The van der Waals surface area contributed by atoms with Gasteiger partial charge in [-0.3, -0.25) is 4.79 Å². The Morgan fingerprint density at radius 3 is 2.41 bits per heavy atom. The Morgan fingerprint density at radius 2 is 1.78 bits per heavy atom.